The van der Waals surface area contributed by atoms with Crippen LogP contribution >= 0.6 is 0 Å². The van der Waals surface area contributed by atoms with Crippen LogP contribution in [-0.4, -0.2) is 36.3 Å². The zero-order chi connectivity index (χ0) is 9.97. The SMILES string of the molecule is O=C(O)Cn1cc(-c2ccn[nH]2)nn1. The highest BCUT2D eigenvalue weighted by Gasteiger charge is 2.06. The Hall–Kier alpha value is -2.18. The Kier molecular flexibility index (Phi) is 1.98. The number of carboxylic acids is 1. The number of aromatic amines is 1. The van der Waals surface area contributed by atoms with E-state index < -0.39 is 5.97 Å². The molecule has 72 valence electrons. The zero-order valence-electron chi connectivity index (χ0n) is 7.08. The fourth-order valence-corrected chi connectivity index (χ4v) is 1.04. The minimum Gasteiger partial charge on any atom is -0.480 e. The van der Waals surface area contributed by atoms with Gasteiger partial charge in [0.2, 0.25) is 0 Å². The lowest BCUT2D eigenvalue weighted by molar-refractivity contribution is -0.137. The Balaban J connectivity index is 2.22. The van der Waals surface area contributed by atoms with Gasteiger partial charge < -0.3 is 5.11 Å². The molecular formula is C7H7N5O2. The summed E-state index contributed by atoms with van der Waals surface area (Å²) in [5.74, 6) is -0.953. The quantitative estimate of drug-likeness (QED) is 0.700. The third-order valence-electron chi connectivity index (χ3n) is 1.61. The van der Waals surface area contributed by atoms with E-state index in [0.29, 0.717) is 11.4 Å². The molecule has 0 unspecified atom stereocenters. The second-order valence-electron chi connectivity index (χ2n) is 2.67. The summed E-state index contributed by atoms with van der Waals surface area (Å²) in [6, 6.07) is 1.73. The third kappa shape index (κ3) is 1.60. The molecule has 0 amide bonds. The summed E-state index contributed by atoms with van der Waals surface area (Å²) in [7, 11) is 0. The number of hydrogen-bond acceptors (Lipinski definition) is 4. The molecule has 7 nitrogen and oxygen atoms in total. The highest BCUT2D eigenvalue weighted by molar-refractivity contribution is 5.66. The summed E-state index contributed by atoms with van der Waals surface area (Å²) in [4.78, 5) is 10.4. The van der Waals surface area contributed by atoms with E-state index in [0.717, 1.165) is 0 Å². The topological polar surface area (TPSA) is 96.7 Å². The molecule has 7 heteroatoms. The van der Waals surface area contributed by atoms with Gasteiger partial charge in [0.1, 0.15) is 12.2 Å². The molecule has 2 rings (SSSR count). The molecule has 0 radical (unpaired) electrons. The van der Waals surface area contributed by atoms with E-state index in [-0.39, 0.29) is 6.54 Å². The van der Waals surface area contributed by atoms with Crippen LogP contribution in [0.4, 0.5) is 0 Å². The van der Waals surface area contributed by atoms with Crippen molar-refractivity contribution in [1.29, 1.82) is 0 Å². The number of carboxylic acid groups (broad SMARTS) is 1. The van der Waals surface area contributed by atoms with Crippen LogP contribution in [0.1, 0.15) is 0 Å². The Labute approximate surface area is 78.4 Å². The van der Waals surface area contributed by atoms with Crippen molar-refractivity contribution in [2.45, 2.75) is 6.54 Å². The molecule has 0 fully saturated rings. The first-order chi connectivity index (χ1) is 6.75. The molecule has 0 bridgehead atoms. The molecule has 0 aliphatic carbocycles. The molecule has 2 N–H and O–H groups in total. The third-order valence-corrected chi connectivity index (χ3v) is 1.61. The van der Waals surface area contributed by atoms with Gasteiger partial charge in [0.15, 0.2) is 0 Å². The number of aliphatic carboxylic acids is 1. The van der Waals surface area contributed by atoms with Crippen LogP contribution in [-0.2, 0) is 11.3 Å². The van der Waals surface area contributed by atoms with E-state index in [9.17, 15) is 4.79 Å². The van der Waals surface area contributed by atoms with E-state index in [2.05, 4.69) is 20.5 Å². The maximum absolute atomic E-state index is 10.4. The maximum atomic E-state index is 10.4. The van der Waals surface area contributed by atoms with Gasteiger partial charge in [-0.3, -0.25) is 9.89 Å². The minimum absolute atomic E-state index is 0.193. The van der Waals surface area contributed by atoms with Gasteiger partial charge >= 0.3 is 5.97 Å². The van der Waals surface area contributed by atoms with Gasteiger partial charge in [-0.05, 0) is 6.07 Å². The molecule has 0 spiro atoms. The first-order valence-electron chi connectivity index (χ1n) is 3.87. The van der Waals surface area contributed by atoms with Crippen molar-refractivity contribution in [1.82, 2.24) is 25.2 Å². The molecule has 0 saturated carbocycles. The summed E-state index contributed by atoms with van der Waals surface area (Å²) in [6.45, 7) is -0.193. The molecular weight excluding hydrogens is 186 g/mol. The van der Waals surface area contributed by atoms with Crippen molar-refractivity contribution in [2.24, 2.45) is 0 Å². The Morgan fingerprint density at radius 3 is 3.14 bits per heavy atom. The summed E-state index contributed by atoms with van der Waals surface area (Å²) in [5, 5.41) is 22.4. The highest BCUT2D eigenvalue weighted by Crippen LogP contribution is 2.10. The normalized spacial score (nSPS) is 10.3. The van der Waals surface area contributed by atoms with Gasteiger partial charge in [-0.1, -0.05) is 5.21 Å². The van der Waals surface area contributed by atoms with Gasteiger partial charge in [0.25, 0.3) is 0 Å². The lowest BCUT2D eigenvalue weighted by atomic mass is 10.3. The predicted molar refractivity (Wildman–Crippen MR) is 45.2 cm³/mol. The molecule has 2 heterocycles. The number of nitrogens with zero attached hydrogens (tertiary/aromatic N) is 4. The maximum Gasteiger partial charge on any atom is 0.325 e. The number of nitrogens with one attached hydrogen (secondary N) is 1. The molecule has 0 saturated heterocycles. The number of carbonyl (C=O) groups is 1. The van der Waals surface area contributed by atoms with Gasteiger partial charge in [-0.15, -0.1) is 5.10 Å². The predicted octanol–water partition coefficient (Wildman–Crippen LogP) is -0.247. The highest BCUT2D eigenvalue weighted by atomic mass is 16.4. The average molecular weight is 193 g/mol. The summed E-state index contributed by atoms with van der Waals surface area (Å²) in [6.07, 6.45) is 3.13. The monoisotopic (exact) mass is 193 g/mol. The second kappa shape index (κ2) is 3.29. The molecule has 2 aromatic rings. The van der Waals surface area contributed by atoms with E-state index in [1.807, 2.05) is 0 Å². The van der Waals surface area contributed by atoms with Crippen molar-refractivity contribution in [3.63, 3.8) is 0 Å². The molecule has 0 aromatic carbocycles. The largest absolute Gasteiger partial charge is 0.480 e. The van der Waals surface area contributed by atoms with Crippen LogP contribution in [0, 0.1) is 0 Å². The standard InChI is InChI=1S/C7H7N5O2/c13-7(14)4-12-3-6(10-11-12)5-1-2-8-9-5/h1-3H,4H2,(H,8,9)(H,13,14). The summed E-state index contributed by atoms with van der Waals surface area (Å²) < 4.78 is 1.25. The van der Waals surface area contributed by atoms with Crippen LogP contribution < -0.4 is 0 Å². The van der Waals surface area contributed by atoms with Crippen molar-refractivity contribution in [3.05, 3.63) is 18.5 Å². The molecule has 2 aromatic heterocycles. The van der Waals surface area contributed by atoms with Crippen molar-refractivity contribution in [2.75, 3.05) is 0 Å². The van der Waals surface area contributed by atoms with E-state index in [1.54, 1.807) is 18.5 Å². The molecule has 0 aliphatic rings. The number of H-pyrrole nitrogens is 1. The van der Waals surface area contributed by atoms with Crippen LogP contribution in [0.15, 0.2) is 18.5 Å². The van der Waals surface area contributed by atoms with Gasteiger partial charge in [-0.25, -0.2) is 4.68 Å². The Bertz CT molecular complexity index is 433. The van der Waals surface area contributed by atoms with E-state index >= 15 is 0 Å². The molecule has 0 aliphatic heterocycles. The van der Waals surface area contributed by atoms with Crippen molar-refractivity contribution in [3.8, 4) is 11.4 Å². The lowest BCUT2D eigenvalue weighted by Crippen LogP contribution is -2.08. The fourth-order valence-electron chi connectivity index (χ4n) is 1.04. The Morgan fingerprint density at radius 1 is 1.64 bits per heavy atom. The lowest BCUT2D eigenvalue weighted by Gasteiger charge is -1.90. The second-order valence-corrected chi connectivity index (χ2v) is 2.67. The van der Waals surface area contributed by atoms with Crippen molar-refractivity contribution < 1.29 is 9.90 Å². The first-order valence-corrected chi connectivity index (χ1v) is 3.87. The zero-order valence-corrected chi connectivity index (χ0v) is 7.08. The minimum atomic E-state index is -0.953. The van der Waals surface area contributed by atoms with Gasteiger partial charge in [0.05, 0.1) is 11.9 Å². The van der Waals surface area contributed by atoms with Crippen LogP contribution in [0.3, 0.4) is 0 Å². The summed E-state index contributed by atoms with van der Waals surface area (Å²) in [5.41, 5.74) is 1.28. The Morgan fingerprint density at radius 2 is 2.50 bits per heavy atom. The first kappa shape index (κ1) is 8.42. The van der Waals surface area contributed by atoms with Crippen LogP contribution in [0.5, 0.6) is 0 Å². The molecule has 0 atom stereocenters. The van der Waals surface area contributed by atoms with Crippen LogP contribution in [0.25, 0.3) is 11.4 Å². The van der Waals surface area contributed by atoms with E-state index in [1.165, 1.54) is 4.68 Å². The van der Waals surface area contributed by atoms with E-state index in [4.69, 9.17) is 5.11 Å². The average Bonchev–Trinajstić information content (AvgIpc) is 2.69. The van der Waals surface area contributed by atoms with Gasteiger partial charge in [0, 0.05) is 6.20 Å². The smallest absolute Gasteiger partial charge is 0.325 e. The van der Waals surface area contributed by atoms with Crippen molar-refractivity contribution >= 4 is 5.97 Å². The van der Waals surface area contributed by atoms with Crippen LogP contribution in [0.2, 0.25) is 0 Å². The molecule has 14 heavy (non-hydrogen) atoms. The fraction of sp³-hybridized carbons (Fsp3) is 0.143. The van der Waals surface area contributed by atoms with Gasteiger partial charge in [-0.2, -0.15) is 5.10 Å². The number of aromatic nitrogens is 5. The number of rotatable bonds is 3. The number of hydrogen-bond donors (Lipinski definition) is 2. The summed E-state index contributed by atoms with van der Waals surface area (Å²) >= 11 is 0.